The van der Waals surface area contributed by atoms with Crippen molar-refractivity contribution in [2.45, 2.75) is 12.8 Å². The summed E-state index contributed by atoms with van der Waals surface area (Å²) in [5.41, 5.74) is 2.19. The van der Waals surface area contributed by atoms with Gasteiger partial charge in [-0.05, 0) is 11.6 Å². The number of rotatable bonds is 3. The number of hydrogen-bond acceptors (Lipinski definition) is 3. The number of aromatic nitrogens is 2. The zero-order valence-electron chi connectivity index (χ0n) is 9.42. The molecule has 0 unspecified atom stereocenters. The molecular weight excluding hydrogens is 200 g/mol. The average molecular weight is 214 g/mol. The Morgan fingerprint density at radius 3 is 2.31 bits per heavy atom. The third-order valence-electron chi connectivity index (χ3n) is 2.61. The summed E-state index contributed by atoms with van der Waals surface area (Å²) in [5, 5.41) is 8.12. The summed E-state index contributed by atoms with van der Waals surface area (Å²) in [7, 11) is 1.59. The molecule has 3 heteroatoms. The highest BCUT2D eigenvalue weighted by Gasteiger charge is 2.09. The van der Waals surface area contributed by atoms with Crippen LogP contribution in [0.5, 0.6) is 5.88 Å². The second-order valence-corrected chi connectivity index (χ2v) is 3.63. The van der Waals surface area contributed by atoms with Gasteiger partial charge in [0.2, 0.25) is 5.88 Å². The summed E-state index contributed by atoms with van der Waals surface area (Å²) >= 11 is 0. The van der Waals surface area contributed by atoms with Crippen LogP contribution in [-0.2, 0) is 0 Å². The molecule has 1 aromatic carbocycles. The van der Waals surface area contributed by atoms with Gasteiger partial charge in [-0.3, -0.25) is 0 Å². The quantitative estimate of drug-likeness (QED) is 0.787. The highest BCUT2D eigenvalue weighted by molar-refractivity contribution is 5.27. The Bertz CT molecular complexity index is 439. The molecule has 0 radical (unpaired) electrons. The first-order valence-electron chi connectivity index (χ1n) is 5.24. The lowest BCUT2D eigenvalue weighted by atomic mass is 9.98. The van der Waals surface area contributed by atoms with E-state index in [4.69, 9.17) is 4.74 Å². The molecule has 0 saturated carbocycles. The molecule has 16 heavy (non-hydrogen) atoms. The Morgan fingerprint density at radius 1 is 1.00 bits per heavy atom. The monoisotopic (exact) mass is 214 g/mol. The largest absolute Gasteiger partial charge is 0.480 e. The zero-order chi connectivity index (χ0) is 11.4. The molecule has 0 aliphatic heterocycles. The van der Waals surface area contributed by atoms with E-state index in [1.54, 1.807) is 7.11 Å². The van der Waals surface area contributed by atoms with Crippen LogP contribution in [0.2, 0.25) is 0 Å². The lowest BCUT2D eigenvalue weighted by molar-refractivity contribution is 0.391. The van der Waals surface area contributed by atoms with E-state index in [2.05, 4.69) is 29.3 Å². The zero-order valence-corrected chi connectivity index (χ0v) is 9.42. The van der Waals surface area contributed by atoms with Crippen LogP contribution in [-0.4, -0.2) is 17.3 Å². The van der Waals surface area contributed by atoms with Gasteiger partial charge in [0.15, 0.2) is 0 Å². The molecule has 0 saturated heterocycles. The van der Waals surface area contributed by atoms with Gasteiger partial charge in [-0.2, -0.15) is 5.10 Å². The number of benzene rings is 1. The fourth-order valence-corrected chi connectivity index (χ4v) is 1.58. The Hall–Kier alpha value is -1.90. The van der Waals surface area contributed by atoms with E-state index in [0.717, 1.165) is 5.69 Å². The maximum Gasteiger partial charge on any atom is 0.233 e. The van der Waals surface area contributed by atoms with E-state index < -0.39 is 0 Å². The molecule has 0 fully saturated rings. The fraction of sp³-hybridized carbons (Fsp3) is 0.231. The van der Waals surface area contributed by atoms with Crippen LogP contribution in [0.4, 0.5) is 0 Å². The van der Waals surface area contributed by atoms with Crippen LogP contribution in [0.3, 0.4) is 0 Å². The topological polar surface area (TPSA) is 35.0 Å². The first-order valence-corrected chi connectivity index (χ1v) is 5.24. The highest BCUT2D eigenvalue weighted by atomic mass is 16.5. The molecule has 1 heterocycles. The molecule has 0 bridgehead atoms. The van der Waals surface area contributed by atoms with Crippen LogP contribution in [0.25, 0.3) is 0 Å². The second-order valence-electron chi connectivity index (χ2n) is 3.63. The minimum atomic E-state index is 0.250. The lowest BCUT2D eigenvalue weighted by Gasteiger charge is -2.10. The summed E-state index contributed by atoms with van der Waals surface area (Å²) < 4.78 is 4.98. The summed E-state index contributed by atoms with van der Waals surface area (Å²) in [6.45, 7) is 2.12. The fourth-order valence-electron chi connectivity index (χ4n) is 1.58. The first kappa shape index (κ1) is 10.6. The Morgan fingerprint density at radius 2 is 1.75 bits per heavy atom. The molecule has 0 amide bonds. The van der Waals surface area contributed by atoms with E-state index in [1.807, 2.05) is 30.3 Å². The van der Waals surface area contributed by atoms with Crippen molar-refractivity contribution in [3.05, 3.63) is 53.7 Å². The van der Waals surface area contributed by atoms with E-state index in [9.17, 15) is 0 Å². The molecule has 1 atom stereocenters. The van der Waals surface area contributed by atoms with Gasteiger partial charge in [-0.25, -0.2) is 0 Å². The average Bonchev–Trinajstić information content (AvgIpc) is 2.39. The SMILES string of the molecule is COc1ccc([C@@H](C)c2ccccc2)nn1. The summed E-state index contributed by atoms with van der Waals surface area (Å²) in [6.07, 6.45) is 0. The number of hydrogen-bond donors (Lipinski definition) is 0. The summed E-state index contributed by atoms with van der Waals surface area (Å²) in [6, 6.07) is 14.0. The third-order valence-corrected chi connectivity index (χ3v) is 2.61. The minimum absolute atomic E-state index is 0.250. The molecule has 0 N–H and O–H groups in total. The van der Waals surface area contributed by atoms with Crippen molar-refractivity contribution in [1.29, 1.82) is 0 Å². The first-order chi connectivity index (χ1) is 7.81. The van der Waals surface area contributed by atoms with Crippen molar-refractivity contribution < 1.29 is 4.74 Å². The Kier molecular flexibility index (Phi) is 3.15. The van der Waals surface area contributed by atoms with Crippen LogP contribution in [0.1, 0.15) is 24.1 Å². The number of nitrogens with zero attached hydrogens (tertiary/aromatic N) is 2. The second kappa shape index (κ2) is 4.75. The van der Waals surface area contributed by atoms with E-state index in [0.29, 0.717) is 5.88 Å². The van der Waals surface area contributed by atoms with E-state index >= 15 is 0 Å². The summed E-state index contributed by atoms with van der Waals surface area (Å²) in [4.78, 5) is 0. The van der Waals surface area contributed by atoms with Gasteiger partial charge >= 0.3 is 0 Å². The highest BCUT2D eigenvalue weighted by Crippen LogP contribution is 2.22. The third kappa shape index (κ3) is 2.19. The van der Waals surface area contributed by atoms with Crippen molar-refractivity contribution in [3.63, 3.8) is 0 Å². The van der Waals surface area contributed by atoms with Gasteiger partial charge in [0.25, 0.3) is 0 Å². The van der Waals surface area contributed by atoms with Crippen molar-refractivity contribution >= 4 is 0 Å². The standard InChI is InChI=1S/C13H14N2O/c1-10(11-6-4-3-5-7-11)12-8-9-13(16-2)15-14-12/h3-10H,1-2H3/t10-/m0/s1. The number of methoxy groups -OCH3 is 1. The van der Waals surface area contributed by atoms with Crippen molar-refractivity contribution in [2.75, 3.05) is 7.11 Å². The van der Waals surface area contributed by atoms with Gasteiger partial charge in [-0.1, -0.05) is 37.3 Å². The predicted molar refractivity (Wildman–Crippen MR) is 62.5 cm³/mol. The number of ether oxygens (including phenoxy) is 1. The van der Waals surface area contributed by atoms with Crippen LogP contribution < -0.4 is 4.74 Å². The molecule has 0 aliphatic carbocycles. The van der Waals surface area contributed by atoms with Gasteiger partial charge in [0, 0.05) is 12.0 Å². The Balaban J connectivity index is 2.24. The molecule has 2 aromatic rings. The van der Waals surface area contributed by atoms with Crippen LogP contribution >= 0.6 is 0 Å². The van der Waals surface area contributed by atoms with Crippen LogP contribution in [0, 0.1) is 0 Å². The van der Waals surface area contributed by atoms with E-state index in [-0.39, 0.29) is 5.92 Å². The van der Waals surface area contributed by atoms with Crippen molar-refractivity contribution in [2.24, 2.45) is 0 Å². The van der Waals surface area contributed by atoms with Gasteiger partial charge in [0.1, 0.15) is 0 Å². The molecule has 1 aromatic heterocycles. The van der Waals surface area contributed by atoms with Gasteiger partial charge < -0.3 is 4.74 Å². The minimum Gasteiger partial charge on any atom is -0.480 e. The van der Waals surface area contributed by atoms with Crippen molar-refractivity contribution in [1.82, 2.24) is 10.2 Å². The predicted octanol–water partition coefficient (Wildman–Crippen LogP) is 2.64. The van der Waals surface area contributed by atoms with Crippen molar-refractivity contribution in [3.8, 4) is 5.88 Å². The molecular formula is C13H14N2O. The molecule has 0 spiro atoms. The molecule has 0 aliphatic rings. The molecule has 82 valence electrons. The molecule has 2 rings (SSSR count). The smallest absolute Gasteiger partial charge is 0.233 e. The van der Waals surface area contributed by atoms with Gasteiger partial charge in [0.05, 0.1) is 12.8 Å². The maximum atomic E-state index is 4.98. The lowest BCUT2D eigenvalue weighted by Crippen LogP contribution is -2.01. The Labute approximate surface area is 95.1 Å². The molecule has 3 nitrogen and oxygen atoms in total. The maximum absolute atomic E-state index is 4.98. The van der Waals surface area contributed by atoms with Crippen LogP contribution in [0.15, 0.2) is 42.5 Å². The van der Waals surface area contributed by atoms with Gasteiger partial charge in [-0.15, -0.1) is 5.10 Å². The normalized spacial score (nSPS) is 12.1. The van der Waals surface area contributed by atoms with E-state index in [1.165, 1.54) is 5.56 Å². The summed E-state index contributed by atoms with van der Waals surface area (Å²) in [5.74, 6) is 0.795.